The molecular formula is C32H27Cl2CoN8O14S2+. The molecule has 0 saturated carbocycles. The van der Waals surface area contributed by atoms with E-state index >= 15 is 0 Å². The van der Waals surface area contributed by atoms with E-state index in [1.54, 1.807) is 18.2 Å². The van der Waals surface area contributed by atoms with Crippen LogP contribution in [-0.4, -0.2) is 84.7 Å². The number of hydrogen-bond donors (Lipinski definition) is 8. The van der Waals surface area contributed by atoms with E-state index in [0.717, 1.165) is 36.4 Å². The van der Waals surface area contributed by atoms with Crippen LogP contribution >= 0.6 is 23.2 Å². The summed E-state index contributed by atoms with van der Waals surface area (Å²) in [6.07, 6.45) is 0. The first-order valence-electron chi connectivity index (χ1n) is 15.2. The summed E-state index contributed by atoms with van der Waals surface area (Å²) in [5.41, 5.74) is -0.670. The maximum atomic E-state index is 12.4. The van der Waals surface area contributed by atoms with E-state index in [9.17, 15) is 55.8 Å². The van der Waals surface area contributed by atoms with Crippen LogP contribution < -0.4 is 20.9 Å². The van der Waals surface area contributed by atoms with Crippen LogP contribution in [0.5, 0.6) is 11.5 Å². The summed E-state index contributed by atoms with van der Waals surface area (Å²) in [6, 6.07) is 13.4. The Balaban J connectivity index is 0.000000400. The summed E-state index contributed by atoms with van der Waals surface area (Å²) in [5.74, 6) is -10.5. The van der Waals surface area contributed by atoms with Gasteiger partial charge >= 0.3 is 22.0 Å². The third-order valence-electron chi connectivity index (χ3n) is 6.82. The van der Waals surface area contributed by atoms with Crippen molar-refractivity contribution in [1.82, 2.24) is 0 Å². The molecule has 2 unspecified atom stereocenters. The molecule has 22 nitrogen and oxygen atoms in total. The monoisotopic (exact) mass is 940 g/mol. The number of nitrogens with one attached hydrogen (secondary N) is 2. The molecule has 313 valence electrons. The number of phenols is 2. The number of carboxylic acid groups (broad SMARTS) is 2. The van der Waals surface area contributed by atoms with E-state index in [1.807, 2.05) is 0 Å². The summed E-state index contributed by atoms with van der Waals surface area (Å²) >= 11 is 11.8. The van der Waals surface area contributed by atoms with E-state index in [0.29, 0.717) is 0 Å². The Morgan fingerprint density at radius 1 is 0.627 bits per heavy atom. The number of aliphatic carboxylic acids is 2. The van der Waals surface area contributed by atoms with Crippen molar-refractivity contribution < 1.29 is 87.9 Å². The molecule has 4 aromatic rings. The predicted octanol–water partition coefficient (Wildman–Crippen LogP) is 2.16. The van der Waals surface area contributed by atoms with E-state index < -0.39 is 95.2 Å². The molecule has 0 bridgehead atoms. The zero-order chi connectivity index (χ0) is 43.5. The molecule has 0 aliphatic rings. The number of amides is 2. The largest absolute Gasteiger partial charge is 0.506 e. The third-order valence-corrected chi connectivity index (χ3v) is 9.36. The number of para-hydroxylation sites is 2. The number of halogens is 2. The van der Waals surface area contributed by atoms with E-state index in [4.69, 9.17) is 38.6 Å². The van der Waals surface area contributed by atoms with Crippen molar-refractivity contribution in [3.8, 4) is 11.5 Å². The summed E-state index contributed by atoms with van der Waals surface area (Å²) in [6.45, 7) is 0. The molecular weight excluding hydrogens is 914 g/mol. The fourth-order valence-electron chi connectivity index (χ4n) is 3.99. The molecule has 0 aromatic heterocycles. The number of carbonyl (C=O) groups excluding carboxylic acids is 4. The van der Waals surface area contributed by atoms with Gasteiger partial charge in [0.05, 0.1) is 26.3 Å². The van der Waals surface area contributed by atoms with Crippen LogP contribution in [-0.2, 0) is 65.6 Å². The molecule has 0 spiro atoms. The van der Waals surface area contributed by atoms with Crippen molar-refractivity contribution in [3.63, 3.8) is 0 Å². The number of hydrogen-bond acceptors (Lipinski definition) is 16. The predicted molar refractivity (Wildman–Crippen MR) is 200 cm³/mol. The molecule has 0 aliphatic heterocycles. The quantitative estimate of drug-likeness (QED) is 0.0510. The number of Topliss-reactive ketones (excluding diaryl/α,β-unsaturated/α-hetero) is 2. The van der Waals surface area contributed by atoms with Crippen LogP contribution in [0.3, 0.4) is 0 Å². The van der Waals surface area contributed by atoms with Gasteiger partial charge in [0.2, 0.25) is 22.1 Å². The normalized spacial score (nSPS) is 12.3. The first kappa shape index (κ1) is 49.0. The van der Waals surface area contributed by atoms with Crippen LogP contribution in [0.15, 0.2) is 115 Å². The minimum atomic E-state index is -4.14. The maximum absolute atomic E-state index is 12.4. The van der Waals surface area contributed by atoms with E-state index in [2.05, 4.69) is 36.2 Å². The van der Waals surface area contributed by atoms with Crippen LogP contribution in [0.25, 0.3) is 0 Å². The molecule has 4 aromatic carbocycles. The fourth-order valence-corrected chi connectivity index (χ4v) is 5.45. The van der Waals surface area contributed by atoms with Gasteiger partial charge in [0.1, 0.15) is 27.8 Å². The van der Waals surface area contributed by atoms with Gasteiger partial charge in [-0.3, -0.25) is 19.2 Å². The van der Waals surface area contributed by atoms with Gasteiger partial charge in [-0.2, -0.15) is 28.9 Å². The van der Waals surface area contributed by atoms with Gasteiger partial charge in [-0.15, -0.1) is 0 Å². The minimum absolute atomic E-state index is 0. The first-order valence-corrected chi connectivity index (χ1v) is 19.2. The molecule has 0 fully saturated rings. The number of carbonyl (C=O) groups is 6. The molecule has 2 amide bonds. The number of phenolic OH excluding ortho intramolecular Hbond substituents is 2. The second-order valence-electron chi connectivity index (χ2n) is 11.0. The number of rotatable bonds is 14. The maximum Gasteiger partial charge on any atom is 0.375 e. The number of primary sulfonamides is 1. The summed E-state index contributed by atoms with van der Waals surface area (Å²) in [5, 5.41) is 63.8. The number of nitrogens with two attached hydrogens (primary N) is 1. The van der Waals surface area contributed by atoms with E-state index in [1.165, 1.54) is 30.3 Å². The molecule has 2 atom stereocenters. The molecule has 11 N–H and O–H groups in total. The van der Waals surface area contributed by atoms with Crippen LogP contribution in [0.1, 0.15) is 0 Å². The number of aromatic hydroxyl groups is 2. The topological polar surface area (TPSA) is 379 Å². The molecule has 0 heterocycles. The number of azo groups is 2. The SMILES string of the molecule is NS(=O)(=O)c1ccc(O)c(N=NC(C(=O)Nc2ccccc2Cl)C(=O)C(=O)O)c1.[Co].[NH3+]S(=O)(=O)c1ccc(O)c(N=NC(C(=O)Nc2ccccc2Cl)C(=O)C(=O)O)c1. The molecule has 0 aliphatic carbocycles. The Labute approximate surface area is 352 Å². The Hall–Kier alpha value is -6.19. The van der Waals surface area contributed by atoms with Crippen molar-refractivity contribution in [3.05, 3.63) is 95.0 Å². The zero-order valence-corrected chi connectivity index (χ0v) is 33.3. The number of nitrogens with zero attached hydrogens (tertiary/aromatic N) is 4. The number of anilines is 2. The van der Waals surface area contributed by atoms with Crippen molar-refractivity contribution in [2.45, 2.75) is 21.9 Å². The van der Waals surface area contributed by atoms with E-state index in [-0.39, 0.29) is 43.1 Å². The standard InChI is InChI=1S/2C16H13ClN4O7S.Co/c2*17-9-3-1-2-4-10(9)19-15(24)13(14(23)16(25)26)21-20-11-7-8(29(18,27)28)5-6-12(11)22;/h2*1-7,13,22H,(H,19,24)(H,25,26)(H2,18,27,28);/p+1. The molecule has 27 heteroatoms. The molecule has 59 heavy (non-hydrogen) atoms. The van der Waals surface area contributed by atoms with Crippen molar-refractivity contribution >= 4 is 101 Å². The smallest absolute Gasteiger partial charge is 0.375 e. The molecule has 1 radical (unpaired) electrons. The van der Waals surface area contributed by atoms with Crippen LogP contribution in [0.2, 0.25) is 10.0 Å². The van der Waals surface area contributed by atoms with Gasteiger partial charge < -0.3 is 31.1 Å². The van der Waals surface area contributed by atoms with Gasteiger partial charge in [-0.25, -0.2) is 28.3 Å². The van der Waals surface area contributed by atoms with Crippen molar-refractivity contribution in [1.29, 1.82) is 0 Å². The number of ketones is 2. The summed E-state index contributed by atoms with van der Waals surface area (Å²) in [4.78, 5) is 69.8. The molecule has 0 saturated heterocycles. The number of carboxylic acids is 2. The third kappa shape index (κ3) is 14.0. The van der Waals surface area contributed by atoms with Gasteiger partial charge in [-0.05, 0) is 60.7 Å². The number of benzene rings is 4. The Bertz CT molecular complexity index is 2420. The zero-order valence-electron chi connectivity index (χ0n) is 29.1. The average Bonchev–Trinajstić information content (AvgIpc) is 3.14. The average molecular weight is 942 g/mol. The van der Waals surface area contributed by atoms with Crippen molar-refractivity contribution in [2.75, 3.05) is 10.6 Å². The fraction of sp³-hybridized carbons (Fsp3) is 0.0625. The second-order valence-corrected chi connectivity index (χ2v) is 15.1. The van der Waals surface area contributed by atoms with Gasteiger partial charge in [0, 0.05) is 16.8 Å². The second kappa shape index (κ2) is 21.0. The van der Waals surface area contributed by atoms with Gasteiger partial charge in [0.15, 0.2) is 0 Å². The summed E-state index contributed by atoms with van der Waals surface area (Å²) < 4.78 is 45.8. The minimum Gasteiger partial charge on any atom is -0.506 e. The first-order chi connectivity index (χ1) is 27.0. The number of sulfonamides is 2. The summed E-state index contributed by atoms with van der Waals surface area (Å²) in [7, 11) is -8.03. The Morgan fingerprint density at radius 3 is 1.32 bits per heavy atom. The van der Waals surface area contributed by atoms with Gasteiger partial charge in [-0.1, -0.05) is 47.5 Å². The van der Waals surface area contributed by atoms with Crippen LogP contribution in [0, 0.1) is 0 Å². The Morgan fingerprint density at radius 2 is 0.983 bits per heavy atom. The number of quaternary nitrogens is 1. The van der Waals surface area contributed by atoms with Crippen molar-refractivity contribution in [2.24, 2.45) is 25.6 Å². The van der Waals surface area contributed by atoms with Crippen LogP contribution in [0.4, 0.5) is 22.7 Å². The Kier molecular flexibility index (Phi) is 17.4. The molecule has 4 rings (SSSR count). The van der Waals surface area contributed by atoms with Gasteiger partial charge in [0.25, 0.3) is 23.4 Å².